The standard InChI is InChI=1S/C7H3ClF3NO2/c8-5-2-3(7(9,10)11)1-4(12-5)6(13)14/h1-2H,(H,13,14). The van der Waals surface area contributed by atoms with Crippen molar-refractivity contribution in [3.63, 3.8) is 0 Å². The molecule has 0 bridgehead atoms. The molecule has 14 heavy (non-hydrogen) atoms. The van der Waals surface area contributed by atoms with Crippen LogP contribution >= 0.6 is 11.6 Å². The highest BCUT2D eigenvalue weighted by atomic mass is 35.5. The normalized spacial score (nSPS) is 11.4. The summed E-state index contributed by atoms with van der Waals surface area (Å²) < 4.78 is 36.4. The highest BCUT2D eigenvalue weighted by Crippen LogP contribution is 2.30. The van der Waals surface area contributed by atoms with Gasteiger partial charge in [0.15, 0.2) is 5.69 Å². The van der Waals surface area contributed by atoms with E-state index in [2.05, 4.69) is 4.98 Å². The van der Waals surface area contributed by atoms with E-state index in [1.165, 1.54) is 0 Å². The molecule has 0 spiro atoms. The maximum Gasteiger partial charge on any atom is 0.416 e. The molecular formula is C7H3ClF3NO2. The first-order chi connectivity index (χ1) is 6.30. The largest absolute Gasteiger partial charge is 0.477 e. The Kier molecular flexibility index (Phi) is 2.66. The number of aromatic carboxylic acids is 1. The summed E-state index contributed by atoms with van der Waals surface area (Å²) in [5.74, 6) is -1.56. The van der Waals surface area contributed by atoms with E-state index in [4.69, 9.17) is 16.7 Å². The first-order valence-electron chi connectivity index (χ1n) is 3.29. The zero-order valence-electron chi connectivity index (χ0n) is 6.47. The molecule has 3 nitrogen and oxygen atoms in total. The lowest BCUT2D eigenvalue weighted by molar-refractivity contribution is -0.137. The van der Waals surface area contributed by atoms with E-state index >= 15 is 0 Å². The SMILES string of the molecule is O=C(O)c1cc(C(F)(F)F)cc(Cl)n1. The quantitative estimate of drug-likeness (QED) is 0.747. The molecular weight excluding hydrogens is 223 g/mol. The predicted molar refractivity (Wildman–Crippen MR) is 41.2 cm³/mol. The smallest absolute Gasteiger partial charge is 0.416 e. The van der Waals surface area contributed by atoms with Crippen LogP contribution in [-0.2, 0) is 6.18 Å². The molecule has 1 aromatic heterocycles. The molecule has 0 aliphatic carbocycles. The van der Waals surface area contributed by atoms with Crippen LogP contribution in [-0.4, -0.2) is 16.1 Å². The first kappa shape index (κ1) is 10.8. The molecule has 0 radical (unpaired) electrons. The maximum absolute atomic E-state index is 12.1. The number of alkyl halides is 3. The zero-order valence-corrected chi connectivity index (χ0v) is 7.23. The van der Waals surface area contributed by atoms with Gasteiger partial charge in [-0.3, -0.25) is 0 Å². The molecule has 0 aliphatic rings. The molecule has 1 aromatic rings. The molecule has 0 saturated carbocycles. The van der Waals surface area contributed by atoms with Crippen molar-refractivity contribution in [2.24, 2.45) is 0 Å². The van der Waals surface area contributed by atoms with Gasteiger partial charge in [0.25, 0.3) is 0 Å². The third-order valence-electron chi connectivity index (χ3n) is 1.34. The summed E-state index contributed by atoms with van der Waals surface area (Å²) in [5.41, 5.74) is -1.86. The Labute approximate surface area is 81.1 Å². The Morgan fingerprint density at radius 1 is 1.43 bits per heavy atom. The van der Waals surface area contributed by atoms with Crippen molar-refractivity contribution in [1.82, 2.24) is 4.98 Å². The van der Waals surface area contributed by atoms with E-state index in [9.17, 15) is 18.0 Å². The maximum atomic E-state index is 12.1. The highest BCUT2D eigenvalue weighted by Gasteiger charge is 2.32. The van der Waals surface area contributed by atoms with Crippen molar-refractivity contribution < 1.29 is 23.1 Å². The van der Waals surface area contributed by atoms with E-state index in [0.29, 0.717) is 12.1 Å². The number of rotatable bonds is 1. The minimum Gasteiger partial charge on any atom is -0.477 e. The molecule has 76 valence electrons. The third kappa shape index (κ3) is 2.35. The van der Waals surface area contributed by atoms with Gasteiger partial charge in [0.2, 0.25) is 0 Å². The summed E-state index contributed by atoms with van der Waals surface area (Å²) in [6.07, 6.45) is -4.63. The molecule has 0 aliphatic heterocycles. The molecule has 0 aromatic carbocycles. The van der Waals surface area contributed by atoms with Crippen LogP contribution in [0.25, 0.3) is 0 Å². The number of pyridine rings is 1. The fourth-order valence-corrected chi connectivity index (χ4v) is 0.979. The predicted octanol–water partition coefficient (Wildman–Crippen LogP) is 2.45. The second-order valence-corrected chi connectivity index (χ2v) is 2.75. The van der Waals surface area contributed by atoms with Crippen LogP contribution in [0.15, 0.2) is 12.1 Å². The average molecular weight is 226 g/mol. The Balaban J connectivity index is 3.28. The Bertz CT molecular complexity index is 378. The second-order valence-electron chi connectivity index (χ2n) is 2.37. The fourth-order valence-electron chi connectivity index (χ4n) is 0.770. The van der Waals surface area contributed by atoms with Crippen LogP contribution in [0.2, 0.25) is 5.15 Å². The highest BCUT2D eigenvalue weighted by molar-refractivity contribution is 6.29. The summed E-state index contributed by atoms with van der Waals surface area (Å²) >= 11 is 5.23. The van der Waals surface area contributed by atoms with Crippen LogP contribution < -0.4 is 0 Å². The van der Waals surface area contributed by atoms with E-state index in [0.717, 1.165) is 0 Å². The van der Waals surface area contributed by atoms with Crippen molar-refractivity contribution >= 4 is 17.6 Å². The minimum atomic E-state index is -4.63. The van der Waals surface area contributed by atoms with Gasteiger partial charge in [0.05, 0.1) is 5.56 Å². The van der Waals surface area contributed by atoms with Crippen LogP contribution in [0.4, 0.5) is 13.2 Å². The van der Waals surface area contributed by atoms with E-state index < -0.39 is 28.6 Å². The summed E-state index contributed by atoms with van der Waals surface area (Å²) in [4.78, 5) is 13.6. The number of halogens is 4. The monoisotopic (exact) mass is 225 g/mol. The average Bonchev–Trinajstić information content (AvgIpc) is 2.01. The number of carbonyl (C=O) groups is 1. The number of nitrogens with zero attached hydrogens (tertiary/aromatic N) is 1. The Morgan fingerprint density at radius 2 is 2.00 bits per heavy atom. The van der Waals surface area contributed by atoms with E-state index in [-0.39, 0.29) is 0 Å². The van der Waals surface area contributed by atoms with Gasteiger partial charge in [-0.1, -0.05) is 11.6 Å². The Hall–Kier alpha value is -1.30. The molecule has 7 heteroatoms. The second kappa shape index (κ2) is 3.45. The zero-order chi connectivity index (χ0) is 10.9. The molecule has 0 amide bonds. The van der Waals surface area contributed by atoms with Gasteiger partial charge in [-0.15, -0.1) is 0 Å². The minimum absolute atomic E-state index is 0.425. The van der Waals surface area contributed by atoms with E-state index in [1.54, 1.807) is 0 Å². The number of carboxylic acids is 1. The van der Waals surface area contributed by atoms with Gasteiger partial charge < -0.3 is 5.11 Å². The number of hydrogen-bond donors (Lipinski definition) is 1. The topological polar surface area (TPSA) is 50.2 Å². The van der Waals surface area contributed by atoms with Crippen molar-refractivity contribution in [3.05, 3.63) is 28.5 Å². The summed E-state index contributed by atoms with van der Waals surface area (Å²) in [6.45, 7) is 0. The van der Waals surface area contributed by atoms with Crippen LogP contribution in [0, 0.1) is 0 Å². The van der Waals surface area contributed by atoms with Gasteiger partial charge >= 0.3 is 12.1 Å². The van der Waals surface area contributed by atoms with Crippen LogP contribution in [0.5, 0.6) is 0 Å². The van der Waals surface area contributed by atoms with Crippen molar-refractivity contribution in [3.8, 4) is 0 Å². The van der Waals surface area contributed by atoms with Gasteiger partial charge in [-0.2, -0.15) is 13.2 Å². The summed E-state index contributed by atoms with van der Waals surface area (Å²) in [6, 6.07) is 0.988. The Morgan fingerprint density at radius 3 is 2.43 bits per heavy atom. The van der Waals surface area contributed by atoms with Gasteiger partial charge in [0.1, 0.15) is 5.15 Å². The lowest BCUT2D eigenvalue weighted by Gasteiger charge is -2.06. The lowest BCUT2D eigenvalue weighted by atomic mass is 10.2. The first-order valence-corrected chi connectivity index (χ1v) is 3.66. The molecule has 0 saturated heterocycles. The van der Waals surface area contributed by atoms with Gasteiger partial charge in [-0.05, 0) is 12.1 Å². The number of aromatic nitrogens is 1. The third-order valence-corrected chi connectivity index (χ3v) is 1.53. The molecule has 0 atom stereocenters. The fraction of sp³-hybridized carbons (Fsp3) is 0.143. The summed E-state index contributed by atoms with van der Waals surface area (Å²) in [5, 5.41) is 7.91. The molecule has 1 N–H and O–H groups in total. The molecule has 0 fully saturated rings. The van der Waals surface area contributed by atoms with Crippen LogP contribution in [0.3, 0.4) is 0 Å². The molecule has 1 rings (SSSR count). The molecule has 1 heterocycles. The number of carboxylic acid groups (broad SMARTS) is 1. The van der Waals surface area contributed by atoms with Crippen molar-refractivity contribution in [1.29, 1.82) is 0 Å². The van der Waals surface area contributed by atoms with Gasteiger partial charge in [0, 0.05) is 0 Å². The van der Waals surface area contributed by atoms with Crippen molar-refractivity contribution in [2.45, 2.75) is 6.18 Å². The lowest BCUT2D eigenvalue weighted by Crippen LogP contribution is -2.09. The van der Waals surface area contributed by atoms with Crippen LogP contribution in [0.1, 0.15) is 16.1 Å². The molecule has 0 unspecified atom stereocenters. The van der Waals surface area contributed by atoms with Crippen molar-refractivity contribution in [2.75, 3.05) is 0 Å². The van der Waals surface area contributed by atoms with Gasteiger partial charge in [-0.25, -0.2) is 9.78 Å². The number of hydrogen-bond acceptors (Lipinski definition) is 2. The summed E-state index contributed by atoms with van der Waals surface area (Å²) in [7, 11) is 0. The van der Waals surface area contributed by atoms with E-state index in [1.807, 2.05) is 0 Å².